The van der Waals surface area contributed by atoms with Gasteiger partial charge in [0.2, 0.25) is 0 Å². The van der Waals surface area contributed by atoms with Gasteiger partial charge in [-0.05, 0) is 18.8 Å². The van der Waals surface area contributed by atoms with Crippen LogP contribution in [-0.4, -0.2) is 24.0 Å². The van der Waals surface area contributed by atoms with Gasteiger partial charge >= 0.3 is 0 Å². The van der Waals surface area contributed by atoms with E-state index < -0.39 is 0 Å². The molecule has 68 valence electrons. The summed E-state index contributed by atoms with van der Waals surface area (Å²) in [5.74, 6) is 0. The topological polar surface area (TPSA) is 27.0 Å². The molecule has 0 spiro atoms. The van der Waals surface area contributed by atoms with E-state index in [0.29, 0.717) is 17.9 Å². The second-order valence-corrected chi connectivity index (χ2v) is 4.28. The Hall–Kier alpha value is -0.550. The van der Waals surface area contributed by atoms with Crippen LogP contribution < -0.4 is 0 Å². The molecule has 1 atom stereocenters. The van der Waals surface area contributed by atoms with Gasteiger partial charge in [-0.2, -0.15) is 5.26 Å². The van der Waals surface area contributed by atoms with Gasteiger partial charge < -0.3 is 0 Å². The smallest absolute Gasteiger partial charge is 0.0638 e. The fraction of sp³-hybridized carbons (Fsp3) is 0.900. The zero-order chi connectivity index (χ0) is 9.19. The predicted octanol–water partition coefficient (Wildman–Crippen LogP) is 2.02. The molecule has 0 radical (unpaired) electrons. The Morgan fingerprint density at radius 3 is 2.58 bits per heavy atom. The van der Waals surface area contributed by atoms with Gasteiger partial charge in [-0.15, -0.1) is 0 Å². The first-order valence-corrected chi connectivity index (χ1v) is 4.72. The molecule has 1 saturated heterocycles. The van der Waals surface area contributed by atoms with Gasteiger partial charge in [-0.25, -0.2) is 0 Å². The number of rotatable bonds is 3. The Morgan fingerprint density at radius 1 is 1.58 bits per heavy atom. The molecule has 1 aliphatic heterocycles. The zero-order valence-electron chi connectivity index (χ0n) is 8.30. The summed E-state index contributed by atoms with van der Waals surface area (Å²) in [4.78, 5) is 2.40. The number of hydrogen-bond acceptors (Lipinski definition) is 2. The normalized spacial score (nSPS) is 24.2. The molecule has 12 heavy (non-hydrogen) atoms. The third kappa shape index (κ3) is 1.78. The molecule has 1 heterocycles. The molecule has 0 bridgehead atoms. The number of hydrogen-bond donors (Lipinski definition) is 0. The minimum Gasteiger partial charge on any atom is -0.298 e. The van der Waals surface area contributed by atoms with Gasteiger partial charge in [0, 0.05) is 19.1 Å². The molecule has 1 fully saturated rings. The third-order valence-corrected chi connectivity index (χ3v) is 3.03. The van der Waals surface area contributed by atoms with Crippen molar-refractivity contribution < 1.29 is 0 Å². The SMILES string of the molecule is CCC1(C)CN(C(C)CC#N)C1. The van der Waals surface area contributed by atoms with Crippen LogP contribution in [0.2, 0.25) is 0 Å². The van der Waals surface area contributed by atoms with E-state index in [4.69, 9.17) is 5.26 Å². The van der Waals surface area contributed by atoms with Crippen LogP contribution in [0.15, 0.2) is 0 Å². The van der Waals surface area contributed by atoms with Crippen molar-refractivity contribution in [2.24, 2.45) is 5.41 Å². The fourth-order valence-corrected chi connectivity index (χ4v) is 1.73. The standard InChI is InChI=1S/C10H18N2/c1-4-10(3)7-12(8-10)9(2)5-6-11/h9H,4-5,7-8H2,1-3H3. The highest BCUT2D eigenvalue weighted by Crippen LogP contribution is 2.34. The molecule has 0 saturated carbocycles. The molecule has 2 nitrogen and oxygen atoms in total. The maximum atomic E-state index is 8.52. The van der Waals surface area contributed by atoms with Crippen LogP contribution in [0.5, 0.6) is 0 Å². The Balaban J connectivity index is 2.30. The zero-order valence-corrected chi connectivity index (χ0v) is 8.30. The lowest BCUT2D eigenvalue weighted by molar-refractivity contribution is -0.0145. The Bertz CT molecular complexity index is 187. The van der Waals surface area contributed by atoms with Crippen LogP contribution in [0, 0.1) is 16.7 Å². The van der Waals surface area contributed by atoms with Gasteiger partial charge in [-0.1, -0.05) is 13.8 Å². The van der Waals surface area contributed by atoms with Gasteiger partial charge in [0.05, 0.1) is 12.5 Å². The second kappa shape index (κ2) is 3.45. The van der Waals surface area contributed by atoms with E-state index >= 15 is 0 Å². The molecular formula is C10H18N2. The van der Waals surface area contributed by atoms with Crippen LogP contribution >= 0.6 is 0 Å². The molecule has 0 aromatic rings. The number of likely N-dealkylation sites (tertiary alicyclic amines) is 1. The van der Waals surface area contributed by atoms with Crippen LogP contribution in [0.25, 0.3) is 0 Å². The third-order valence-electron chi connectivity index (χ3n) is 3.03. The maximum Gasteiger partial charge on any atom is 0.0638 e. The van der Waals surface area contributed by atoms with Crippen LogP contribution in [0.4, 0.5) is 0 Å². The van der Waals surface area contributed by atoms with Gasteiger partial charge in [0.15, 0.2) is 0 Å². The van der Waals surface area contributed by atoms with E-state index in [1.165, 1.54) is 19.5 Å². The van der Waals surface area contributed by atoms with Crippen molar-refractivity contribution >= 4 is 0 Å². The van der Waals surface area contributed by atoms with Crippen molar-refractivity contribution in [3.05, 3.63) is 0 Å². The molecule has 0 N–H and O–H groups in total. The van der Waals surface area contributed by atoms with E-state index in [2.05, 4.69) is 31.7 Å². The van der Waals surface area contributed by atoms with Crippen molar-refractivity contribution in [1.29, 1.82) is 5.26 Å². The molecule has 0 aliphatic carbocycles. The summed E-state index contributed by atoms with van der Waals surface area (Å²) < 4.78 is 0. The lowest BCUT2D eigenvalue weighted by atomic mass is 9.78. The van der Waals surface area contributed by atoms with Crippen LogP contribution in [0.1, 0.15) is 33.6 Å². The van der Waals surface area contributed by atoms with Gasteiger partial charge in [0.1, 0.15) is 0 Å². The molecule has 1 unspecified atom stereocenters. The minimum absolute atomic E-state index is 0.453. The summed E-state index contributed by atoms with van der Waals surface area (Å²) in [6, 6.07) is 2.67. The first kappa shape index (κ1) is 9.54. The Kier molecular flexibility index (Phi) is 2.74. The van der Waals surface area contributed by atoms with Crippen LogP contribution in [-0.2, 0) is 0 Å². The van der Waals surface area contributed by atoms with Crippen LogP contribution in [0.3, 0.4) is 0 Å². The molecule has 0 aromatic heterocycles. The highest BCUT2D eigenvalue weighted by atomic mass is 15.2. The van der Waals surface area contributed by atoms with E-state index in [9.17, 15) is 0 Å². The maximum absolute atomic E-state index is 8.52. The largest absolute Gasteiger partial charge is 0.298 e. The summed E-state index contributed by atoms with van der Waals surface area (Å²) in [6.07, 6.45) is 1.92. The molecule has 0 aromatic carbocycles. The summed E-state index contributed by atoms with van der Waals surface area (Å²) in [7, 11) is 0. The average molecular weight is 166 g/mol. The lowest BCUT2D eigenvalue weighted by Gasteiger charge is -2.50. The molecule has 1 rings (SSSR count). The lowest BCUT2D eigenvalue weighted by Crippen LogP contribution is -2.57. The number of nitriles is 1. The minimum atomic E-state index is 0.453. The highest BCUT2D eigenvalue weighted by molar-refractivity contribution is 4.94. The average Bonchev–Trinajstić information content (AvgIpc) is 1.99. The summed E-state index contributed by atoms with van der Waals surface area (Å²) in [6.45, 7) is 9.05. The number of nitrogens with zero attached hydrogens (tertiary/aromatic N) is 2. The van der Waals surface area contributed by atoms with Crippen molar-refractivity contribution in [3.8, 4) is 6.07 Å². The van der Waals surface area contributed by atoms with E-state index in [-0.39, 0.29) is 0 Å². The molecule has 0 amide bonds. The van der Waals surface area contributed by atoms with E-state index in [0.717, 1.165) is 0 Å². The predicted molar refractivity (Wildman–Crippen MR) is 49.7 cm³/mol. The van der Waals surface area contributed by atoms with Crippen molar-refractivity contribution in [2.75, 3.05) is 13.1 Å². The first-order chi connectivity index (χ1) is 5.61. The summed E-state index contributed by atoms with van der Waals surface area (Å²) in [5, 5.41) is 8.52. The second-order valence-electron chi connectivity index (χ2n) is 4.28. The van der Waals surface area contributed by atoms with Crippen molar-refractivity contribution in [2.45, 2.75) is 39.7 Å². The van der Waals surface area contributed by atoms with Gasteiger partial charge in [-0.3, -0.25) is 4.90 Å². The van der Waals surface area contributed by atoms with Crippen molar-refractivity contribution in [3.63, 3.8) is 0 Å². The van der Waals surface area contributed by atoms with Gasteiger partial charge in [0.25, 0.3) is 0 Å². The van der Waals surface area contributed by atoms with E-state index in [1.807, 2.05) is 0 Å². The molecule has 2 heteroatoms. The van der Waals surface area contributed by atoms with E-state index in [1.54, 1.807) is 0 Å². The quantitative estimate of drug-likeness (QED) is 0.641. The summed E-state index contributed by atoms with van der Waals surface area (Å²) >= 11 is 0. The Labute approximate surface area is 75.2 Å². The fourth-order valence-electron chi connectivity index (χ4n) is 1.73. The first-order valence-electron chi connectivity index (χ1n) is 4.72. The summed E-state index contributed by atoms with van der Waals surface area (Å²) in [5.41, 5.74) is 0.531. The molecular weight excluding hydrogens is 148 g/mol. The molecule has 1 aliphatic rings. The highest BCUT2D eigenvalue weighted by Gasteiger charge is 2.38. The van der Waals surface area contributed by atoms with Crippen molar-refractivity contribution in [1.82, 2.24) is 4.90 Å². The monoisotopic (exact) mass is 166 g/mol. The Morgan fingerprint density at radius 2 is 2.17 bits per heavy atom.